The Morgan fingerprint density at radius 1 is 1.04 bits per heavy atom. The summed E-state index contributed by atoms with van der Waals surface area (Å²) < 4.78 is 4.70. The van der Waals surface area contributed by atoms with Gasteiger partial charge in [0.1, 0.15) is 5.41 Å². The van der Waals surface area contributed by atoms with Gasteiger partial charge in [0.25, 0.3) is 0 Å². The predicted molar refractivity (Wildman–Crippen MR) is 106 cm³/mol. The highest BCUT2D eigenvalue weighted by Crippen LogP contribution is 2.26. The summed E-state index contributed by atoms with van der Waals surface area (Å²) in [5.74, 6) is -1.12. The Balaban J connectivity index is 1.72. The average molecular weight is 380 g/mol. The number of nitrogens with one attached hydrogen (secondary N) is 1. The molecule has 2 aromatic rings. The van der Waals surface area contributed by atoms with Gasteiger partial charge in [-0.25, -0.2) is 4.79 Å². The Kier molecular flexibility index (Phi) is 5.49. The van der Waals surface area contributed by atoms with E-state index >= 15 is 0 Å². The molecule has 0 aliphatic carbocycles. The molecule has 146 valence electrons. The zero-order valence-electron chi connectivity index (χ0n) is 16.3. The lowest BCUT2D eigenvalue weighted by Gasteiger charge is -2.34. The molecule has 0 spiro atoms. The third-order valence-electron chi connectivity index (χ3n) is 5.06. The molecule has 0 aromatic heterocycles. The van der Waals surface area contributed by atoms with Crippen LogP contribution in [-0.4, -0.2) is 36.3 Å². The maximum atomic E-state index is 13.1. The number of esters is 1. The number of carbonyl (C=O) groups excluding carboxylic acids is 3. The summed E-state index contributed by atoms with van der Waals surface area (Å²) in [4.78, 5) is 39.3. The number of hydrogen-bond donors (Lipinski definition) is 1. The van der Waals surface area contributed by atoms with Crippen LogP contribution in [-0.2, 0) is 27.3 Å². The Hall–Kier alpha value is -3.15. The minimum atomic E-state index is -1.24. The first-order valence-electron chi connectivity index (χ1n) is 9.19. The Morgan fingerprint density at radius 2 is 1.75 bits per heavy atom. The molecule has 0 fully saturated rings. The molecule has 6 nitrogen and oxygen atoms in total. The molecular weight excluding hydrogens is 356 g/mol. The molecule has 1 aliphatic rings. The molecule has 0 saturated heterocycles. The maximum Gasteiger partial charge on any atom is 0.337 e. The zero-order chi connectivity index (χ0) is 20.3. The van der Waals surface area contributed by atoms with Crippen molar-refractivity contribution in [2.45, 2.75) is 26.8 Å². The smallest absolute Gasteiger partial charge is 0.337 e. The second-order valence-electron chi connectivity index (χ2n) is 7.40. The molecule has 0 unspecified atom stereocenters. The van der Waals surface area contributed by atoms with Gasteiger partial charge >= 0.3 is 5.97 Å². The van der Waals surface area contributed by atoms with E-state index in [-0.39, 0.29) is 5.91 Å². The molecule has 0 saturated carbocycles. The molecule has 1 aliphatic heterocycles. The summed E-state index contributed by atoms with van der Waals surface area (Å²) in [7, 11) is 1.30. The molecule has 2 amide bonds. The van der Waals surface area contributed by atoms with Gasteiger partial charge in [-0.15, -0.1) is 0 Å². The topological polar surface area (TPSA) is 75.7 Å². The number of hydrogen-bond acceptors (Lipinski definition) is 4. The molecule has 1 N–H and O–H groups in total. The van der Waals surface area contributed by atoms with Crippen LogP contribution in [0.2, 0.25) is 0 Å². The van der Waals surface area contributed by atoms with Crippen LogP contribution in [0.3, 0.4) is 0 Å². The van der Waals surface area contributed by atoms with Crippen LogP contribution in [0.25, 0.3) is 0 Å². The number of ether oxygens (including phenoxy) is 1. The van der Waals surface area contributed by atoms with E-state index in [1.54, 1.807) is 36.9 Å². The predicted octanol–water partition coefficient (Wildman–Crippen LogP) is 3.02. The summed E-state index contributed by atoms with van der Waals surface area (Å²) in [5, 5.41) is 2.75. The largest absolute Gasteiger partial charge is 0.465 e. The van der Waals surface area contributed by atoms with Crippen molar-refractivity contribution in [3.05, 3.63) is 65.2 Å². The van der Waals surface area contributed by atoms with Gasteiger partial charge < -0.3 is 15.0 Å². The number of rotatable bonds is 4. The van der Waals surface area contributed by atoms with Gasteiger partial charge in [-0.1, -0.05) is 30.3 Å². The Bertz CT molecular complexity index is 920. The van der Waals surface area contributed by atoms with E-state index in [4.69, 9.17) is 4.74 Å². The Labute approximate surface area is 164 Å². The molecule has 0 radical (unpaired) electrons. The third kappa shape index (κ3) is 3.91. The van der Waals surface area contributed by atoms with Crippen molar-refractivity contribution in [3.63, 3.8) is 0 Å². The number of anilines is 1. The fourth-order valence-electron chi connectivity index (χ4n) is 3.29. The normalized spacial score (nSPS) is 13.5. The molecule has 3 rings (SSSR count). The summed E-state index contributed by atoms with van der Waals surface area (Å²) in [6.07, 6.45) is 0.779. The fraction of sp³-hybridized carbons (Fsp3) is 0.318. The summed E-state index contributed by atoms with van der Waals surface area (Å²) in [6.45, 7) is 4.33. The molecule has 1 heterocycles. The molecule has 28 heavy (non-hydrogen) atoms. The second kappa shape index (κ2) is 7.84. The van der Waals surface area contributed by atoms with Crippen LogP contribution in [0.1, 0.15) is 35.3 Å². The average Bonchev–Trinajstić information content (AvgIpc) is 2.72. The standard InChI is InChI=1S/C22H24N2O4/c1-22(2,20(26)23-18-10-6-9-16(13-18)19(25)28-3)21(27)24-12-11-15-7-4-5-8-17(15)14-24/h4-10,13H,11-12,14H2,1-3H3,(H,23,26). The number of benzene rings is 2. The number of fused-ring (bicyclic) bond motifs is 1. The van der Waals surface area contributed by atoms with Crippen molar-refractivity contribution in [1.29, 1.82) is 0 Å². The zero-order valence-corrected chi connectivity index (χ0v) is 16.3. The van der Waals surface area contributed by atoms with Crippen molar-refractivity contribution in [3.8, 4) is 0 Å². The number of amides is 2. The van der Waals surface area contributed by atoms with Crippen molar-refractivity contribution in [1.82, 2.24) is 4.90 Å². The van der Waals surface area contributed by atoms with Gasteiger partial charge in [0.15, 0.2) is 0 Å². The molecule has 2 aromatic carbocycles. The first-order chi connectivity index (χ1) is 13.3. The molecule has 6 heteroatoms. The van der Waals surface area contributed by atoms with Crippen molar-refractivity contribution < 1.29 is 19.1 Å². The van der Waals surface area contributed by atoms with Gasteiger partial charge in [-0.2, -0.15) is 0 Å². The van der Waals surface area contributed by atoms with Crippen LogP contribution in [0.15, 0.2) is 48.5 Å². The lowest BCUT2D eigenvalue weighted by molar-refractivity contribution is -0.147. The van der Waals surface area contributed by atoms with Crippen molar-refractivity contribution in [2.75, 3.05) is 19.0 Å². The van der Waals surface area contributed by atoms with E-state index in [0.717, 1.165) is 12.0 Å². The van der Waals surface area contributed by atoms with Gasteiger partial charge in [-0.3, -0.25) is 9.59 Å². The van der Waals surface area contributed by atoms with Crippen molar-refractivity contribution in [2.24, 2.45) is 5.41 Å². The molecular formula is C22H24N2O4. The maximum absolute atomic E-state index is 13.1. The quantitative estimate of drug-likeness (QED) is 0.653. The van der Waals surface area contributed by atoms with Gasteiger partial charge in [0.05, 0.1) is 12.7 Å². The van der Waals surface area contributed by atoms with Crippen LogP contribution in [0, 0.1) is 5.41 Å². The first kappa shape index (κ1) is 19.6. The number of methoxy groups -OCH3 is 1. The Morgan fingerprint density at radius 3 is 2.46 bits per heavy atom. The third-order valence-corrected chi connectivity index (χ3v) is 5.06. The van der Waals surface area contributed by atoms with E-state index < -0.39 is 17.3 Å². The van der Waals surface area contributed by atoms with Crippen molar-refractivity contribution >= 4 is 23.5 Å². The van der Waals surface area contributed by atoms with Crippen LogP contribution in [0.5, 0.6) is 0 Å². The minimum absolute atomic E-state index is 0.219. The van der Waals surface area contributed by atoms with Crippen LogP contribution < -0.4 is 5.32 Å². The lowest BCUT2D eigenvalue weighted by Crippen LogP contribution is -2.48. The highest BCUT2D eigenvalue weighted by atomic mass is 16.5. The SMILES string of the molecule is COC(=O)c1cccc(NC(=O)C(C)(C)C(=O)N2CCc3ccccc3C2)c1. The highest BCUT2D eigenvalue weighted by molar-refractivity contribution is 6.10. The monoisotopic (exact) mass is 380 g/mol. The molecule has 0 bridgehead atoms. The van der Waals surface area contributed by atoms with Crippen LogP contribution in [0.4, 0.5) is 5.69 Å². The van der Waals surface area contributed by atoms with E-state index in [9.17, 15) is 14.4 Å². The van der Waals surface area contributed by atoms with E-state index in [0.29, 0.717) is 24.3 Å². The van der Waals surface area contributed by atoms with E-state index in [2.05, 4.69) is 11.4 Å². The first-order valence-corrected chi connectivity index (χ1v) is 9.19. The number of nitrogens with zero attached hydrogens (tertiary/aromatic N) is 1. The summed E-state index contributed by atoms with van der Waals surface area (Å²) in [6, 6.07) is 14.5. The number of carbonyl (C=O) groups is 3. The van der Waals surface area contributed by atoms with Gasteiger partial charge in [-0.05, 0) is 49.6 Å². The lowest BCUT2D eigenvalue weighted by atomic mass is 9.88. The highest BCUT2D eigenvalue weighted by Gasteiger charge is 2.40. The summed E-state index contributed by atoms with van der Waals surface area (Å²) in [5.41, 5.74) is 1.89. The fourth-order valence-corrected chi connectivity index (χ4v) is 3.29. The van der Waals surface area contributed by atoms with Crippen LogP contribution >= 0.6 is 0 Å². The second-order valence-corrected chi connectivity index (χ2v) is 7.40. The van der Waals surface area contributed by atoms with Gasteiger partial charge in [0, 0.05) is 18.8 Å². The van der Waals surface area contributed by atoms with E-state index in [1.807, 2.05) is 18.2 Å². The minimum Gasteiger partial charge on any atom is -0.465 e. The summed E-state index contributed by atoms with van der Waals surface area (Å²) >= 11 is 0. The van der Waals surface area contributed by atoms with E-state index in [1.165, 1.54) is 18.7 Å². The molecule has 0 atom stereocenters. The van der Waals surface area contributed by atoms with Gasteiger partial charge in [0.2, 0.25) is 11.8 Å².